The summed E-state index contributed by atoms with van der Waals surface area (Å²) in [7, 11) is 0. The zero-order valence-electron chi connectivity index (χ0n) is 7.09. The maximum absolute atomic E-state index is 10.4. The number of primary amides is 1. The maximum atomic E-state index is 10.4. The van der Waals surface area contributed by atoms with E-state index in [4.69, 9.17) is 5.73 Å². The van der Waals surface area contributed by atoms with Gasteiger partial charge in [0.25, 0.3) is 0 Å². The normalized spacial score (nSPS) is 10.8. The summed E-state index contributed by atoms with van der Waals surface area (Å²) in [6.07, 6.45) is 2.99. The third kappa shape index (κ3) is 1.72. The van der Waals surface area contributed by atoms with Crippen LogP contribution in [0, 0.1) is 13.8 Å². The van der Waals surface area contributed by atoms with E-state index in [9.17, 15) is 4.79 Å². The Morgan fingerprint density at radius 1 is 1.58 bits per heavy atom. The number of nitrogens with two attached hydrogens (primary N) is 1. The van der Waals surface area contributed by atoms with Crippen molar-refractivity contribution in [2.75, 3.05) is 0 Å². The monoisotopic (exact) mass is 165 g/mol. The van der Waals surface area contributed by atoms with E-state index >= 15 is 0 Å². The first-order chi connectivity index (χ1) is 5.61. The van der Waals surface area contributed by atoms with Crippen LogP contribution in [0.3, 0.4) is 0 Å². The predicted octanol–water partition coefficient (Wildman–Crippen LogP) is 0.525. The van der Waals surface area contributed by atoms with E-state index in [0.29, 0.717) is 0 Å². The van der Waals surface area contributed by atoms with Crippen molar-refractivity contribution in [1.29, 1.82) is 0 Å². The lowest BCUT2D eigenvalue weighted by molar-refractivity contribution is -0.113. The number of carbonyl (C=O) groups is 1. The van der Waals surface area contributed by atoms with Crippen molar-refractivity contribution in [2.24, 2.45) is 5.73 Å². The Balaban J connectivity index is 2.95. The molecule has 0 fully saturated rings. The van der Waals surface area contributed by atoms with E-state index in [-0.39, 0.29) is 0 Å². The standard InChI is InChI=1S/C8H11N3O/c1-5-7(3-4-8(9)12)6(2)11-10-5/h3-4H,1-2H3,(H2,9,12)(H,10,11). The molecule has 0 aliphatic heterocycles. The second-order valence-electron chi connectivity index (χ2n) is 2.58. The minimum Gasteiger partial charge on any atom is -0.366 e. The van der Waals surface area contributed by atoms with Crippen molar-refractivity contribution >= 4 is 12.0 Å². The molecule has 1 rings (SSSR count). The quantitative estimate of drug-likeness (QED) is 0.627. The molecule has 4 nitrogen and oxygen atoms in total. The second kappa shape index (κ2) is 3.21. The molecule has 0 atom stereocenters. The topological polar surface area (TPSA) is 71.8 Å². The van der Waals surface area contributed by atoms with Crippen LogP contribution in [0.2, 0.25) is 0 Å². The van der Waals surface area contributed by atoms with Gasteiger partial charge in [0.05, 0.1) is 5.69 Å². The van der Waals surface area contributed by atoms with Crippen molar-refractivity contribution in [3.8, 4) is 0 Å². The van der Waals surface area contributed by atoms with Crippen molar-refractivity contribution in [3.05, 3.63) is 23.0 Å². The van der Waals surface area contributed by atoms with Gasteiger partial charge in [-0.3, -0.25) is 9.89 Å². The minimum atomic E-state index is -0.449. The van der Waals surface area contributed by atoms with Crippen molar-refractivity contribution in [2.45, 2.75) is 13.8 Å². The van der Waals surface area contributed by atoms with E-state index < -0.39 is 5.91 Å². The van der Waals surface area contributed by atoms with Crippen LogP contribution >= 0.6 is 0 Å². The largest absolute Gasteiger partial charge is 0.366 e. The van der Waals surface area contributed by atoms with Gasteiger partial charge in [0, 0.05) is 17.3 Å². The number of aromatic amines is 1. The number of aromatic nitrogens is 2. The third-order valence-electron chi connectivity index (χ3n) is 1.60. The summed E-state index contributed by atoms with van der Waals surface area (Å²) < 4.78 is 0. The number of H-pyrrole nitrogens is 1. The molecule has 1 aromatic heterocycles. The summed E-state index contributed by atoms with van der Waals surface area (Å²) >= 11 is 0. The molecule has 64 valence electrons. The van der Waals surface area contributed by atoms with Gasteiger partial charge in [-0.15, -0.1) is 0 Å². The number of hydrogen-bond acceptors (Lipinski definition) is 2. The van der Waals surface area contributed by atoms with Gasteiger partial charge < -0.3 is 5.73 Å². The molecule has 1 heterocycles. The molecule has 0 aromatic carbocycles. The molecule has 0 aliphatic carbocycles. The summed E-state index contributed by atoms with van der Waals surface area (Å²) in [4.78, 5) is 10.4. The maximum Gasteiger partial charge on any atom is 0.241 e. The van der Waals surface area contributed by atoms with Crippen LogP contribution in [-0.2, 0) is 4.79 Å². The smallest absolute Gasteiger partial charge is 0.241 e. The molecule has 0 saturated heterocycles. The number of rotatable bonds is 2. The number of carbonyl (C=O) groups excluding carboxylic acids is 1. The highest BCUT2D eigenvalue weighted by atomic mass is 16.1. The Bertz CT molecular complexity index is 306. The van der Waals surface area contributed by atoms with Gasteiger partial charge in [-0.1, -0.05) is 0 Å². The average molecular weight is 165 g/mol. The Kier molecular flexibility index (Phi) is 2.28. The highest BCUT2D eigenvalue weighted by Gasteiger charge is 2.01. The van der Waals surface area contributed by atoms with Crippen LogP contribution in [0.25, 0.3) is 6.08 Å². The van der Waals surface area contributed by atoms with Gasteiger partial charge in [-0.05, 0) is 19.9 Å². The zero-order valence-corrected chi connectivity index (χ0v) is 7.09. The zero-order chi connectivity index (χ0) is 9.14. The molecule has 0 unspecified atom stereocenters. The van der Waals surface area contributed by atoms with Crippen LogP contribution in [-0.4, -0.2) is 16.1 Å². The molecule has 0 spiro atoms. The summed E-state index contributed by atoms with van der Waals surface area (Å²) in [5.41, 5.74) is 7.68. The number of hydrogen-bond donors (Lipinski definition) is 2. The fourth-order valence-corrected chi connectivity index (χ4v) is 0.971. The lowest BCUT2D eigenvalue weighted by atomic mass is 10.2. The first-order valence-corrected chi connectivity index (χ1v) is 3.60. The van der Waals surface area contributed by atoms with E-state index in [1.54, 1.807) is 6.08 Å². The molecular formula is C8H11N3O. The van der Waals surface area contributed by atoms with Crippen molar-refractivity contribution in [1.82, 2.24) is 10.2 Å². The lowest BCUT2D eigenvalue weighted by Crippen LogP contribution is -2.05. The molecular weight excluding hydrogens is 154 g/mol. The fourth-order valence-electron chi connectivity index (χ4n) is 0.971. The third-order valence-corrected chi connectivity index (χ3v) is 1.60. The minimum absolute atomic E-state index is 0.449. The molecule has 0 radical (unpaired) electrons. The van der Waals surface area contributed by atoms with E-state index in [1.165, 1.54) is 6.08 Å². The van der Waals surface area contributed by atoms with E-state index in [1.807, 2.05) is 13.8 Å². The second-order valence-corrected chi connectivity index (χ2v) is 2.58. The molecule has 3 N–H and O–H groups in total. The number of amides is 1. The Labute approximate surface area is 70.5 Å². The first kappa shape index (κ1) is 8.52. The van der Waals surface area contributed by atoms with Crippen LogP contribution in [0.15, 0.2) is 6.08 Å². The average Bonchev–Trinajstić information content (AvgIpc) is 2.28. The Morgan fingerprint density at radius 2 is 2.25 bits per heavy atom. The van der Waals surface area contributed by atoms with Crippen LogP contribution in [0.1, 0.15) is 17.0 Å². The van der Waals surface area contributed by atoms with E-state index in [2.05, 4.69) is 10.2 Å². The Morgan fingerprint density at radius 3 is 2.67 bits per heavy atom. The van der Waals surface area contributed by atoms with Crippen molar-refractivity contribution in [3.63, 3.8) is 0 Å². The predicted molar refractivity (Wildman–Crippen MR) is 46.3 cm³/mol. The number of nitrogens with zero attached hydrogens (tertiary/aromatic N) is 1. The van der Waals surface area contributed by atoms with Crippen LogP contribution in [0.5, 0.6) is 0 Å². The molecule has 12 heavy (non-hydrogen) atoms. The summed E-state index contributed by atoms with van der Waals surface area (Å²) in [6, 6.07) is 0. The summed E-state index contributed by atoms with van der Waals surface area (Å²) in [5, 5.41) is 6.77. The van der Waals surface area contributed by atoms with Gasteiger partial charge in [0.1, 0.15) is 0 Å². The molecule has 0 aliphatic rings. The molecule has 1 aromatic rings. The number of aryl methyl sites for hydroxylation is 2. The SMILES string of the molecule is Cc1n[nH]c(C)c1C=CC(N)=O. The number of nitrogens with one attached hydrogen (secondary N) is 1. The Hall–Kier alpha value is -1.58. The van der Waals surface area contributed by atoms with Crippen LogP contribution in [0.4, 0.5) is 0 Å². The summed E-state index contributed by atoms with van der Waals surface area (Å²) in [5.74, 6) is -0.449. The highest BCUT2D eigenvalue weighted by Crippen LogP contribution is 2.10. The fraction of sp³-hybridized carbons (Fsp3) is 0.250. The van der Waals surface area contributed by atoms with Crippen LogP contribution < -0.4 is 5.73 Å². The van der Waals surface area contributed by atoms with Gasteiger partial charge in [-0.25, -0.2) is 0 Å². The molecule has 0 bridgehead atoms. The van der Waals surface area contributed by atoms with Gasteiger partial charge >= 0.3 is 0 Å². The lowest BCUT2D eigenvalue weighted by Gasteiger charge is -1.89. The summed E-state index contributed by atoms with van der Waals surface area (Å²) in [6.45, 7) is 3.75. The van der Waals surface area contributed by atoms with Gasteiger partial charge in [-0.2, -0.15) is 5.10 Å². The molecule has 4 heteroatoms. The van der Waals surface area contributed by atoms with Gasteiger partial charge in [0.2, 0.25) is 5.91 Å². The first-order valence-electron chi connectivity index (χ1n) is 3.60. The van der Waals surface area contributed by atoms with E-state index in [0.717, 1.165) is 17.0 Å². The highest BCUT2D eigenvalue weighted by molar-refractivity contribution is 5.90. The molecule has 0 saturated carbocycles. The van der Waals surface area contributed by atoms with Gasteiger partial charge in [0.15, 0.2) is 0 Å². The van der Waals surface area contributed by atoms with Crippen molar-refractivity contribution < 1.29 is 4.79 Å². The molecule has 1 amide bonds.